The average Bonchev–Trinajstić information content (AvgIpc) is 2.85. The molecule has 0 amide bonds. The fourth-order valence-corrected chi connectivity index (χ4v) is 2.85. The number of hydrogen-bond acceptors (Lipinski definition) is 3. The largest absolute Gasteiger partial charge is 0.380 e. The van der Waals surface area contributed by atoms with Gasteiger partial charge in [-0.25, -0.2) is 0 Å². The number of methoxy groups -OCH3 is 1. The lowest BCUT2D eigenvalue weighted by atomic mass is 10.2. The normalized spacial score (nSPS) is 19.4. The van der Waals surface area contributed by atoms with Gasteiger partial charge in [0.15, 0.2) is 0 Å². The predicted molar refractivity (Wildman–Crippen MR) is 83.7 cm³/mol. The first-order valence-electron chi connectivity index (χ1n) is 6.89. The maximum Gasteiger partial charge on any atom is 0.0762 e. The van der Waals surface area contributed by atoms with Crippen LogP contribution in [0.25, 0.3) is 0 Å². The summed E-state index contributed by atoms with van der Waals surface area (Å²) in [5, 5.41) is 3.44. The first-order chi connectivity index (χ1) is 9.10. The molecule has 1 aliphatic heterocycles. The van der Waals surface area contributed by atoms with Crippen molar-refractivity contribution in [1.29, 1.82) is 0 Å². The summed E-state index contributed by atoms with van der Waals surface area (Å²) in [5.41, 5.74) is 2.58. The molecule has 1 aromatic rings. The quantitative estimate of drug-likeness (QED) is 0.899. The molecule has 0 aromatic heterocycles. The topological polar surface area (TPSA) is 24.5 Å². The number of ether oxygens (including phenoxy) is 1. The van der Waals surface area contributed by atoms with Crippen molar-refractivity contribution >= 4 is 21.6 Å². The maximum absolute atomic E-state index is 5.42. The smallest absolute Gasteiger partial charge is 0.0762 e. The van der Waals surface area contributed by atoms with E-state index in [4.69, 9.17) is 4.74 Å². The second-order valence-electron chi connectivity index (χ2n) is 5.40. The molecule has 1 saturated heterocycles. The lowest BCUT2D eigenvalue weighted by Crippen LogP contribution is -2.23. The summed E-state index contributed by atoms with van der Waals surface area (Å²) in [6.07, 6.45) is 1.49. The molecule has 1 heterocycles. The lowest BCUT2D eigenvalue weighted by Gasteiger charge is -2.20. The van der Waals surface area contributed by atoms with Gasteiger partial charge in [0, 0.05) is 42.9 Å². The number of rotatable bonds is 5. The Morgan fingerprint density at radius 1 is 1.47 bits per heavy atom. The minimum absolute atomic E-state index is 0.376. The minimum Gasteiger partial charge on any atom is -0.380 e. The maximum atomic E-state index is 5.42. The van der Waals surface area contributed by atoms with E-state index in [0.717, 1.165) is 26.1 Å². The molecule has 3 nitrogen and oxygen atoms in total. The molecule has 1 aromatic carbocycles. The third-order valence-electron chi connectivity index (χ3n) is 3.58. The fourth-order valence-electron chi connectivity index (χ4n) is 2.35. The SMILES string of the molecule is COC1CCN(c2ccc(CNC(C)C)c(Br)c2)C1. The van der Waals surface area contributed by atoms with Gasteiger partial charge in [0.05, 0.1) is 6.10 Å². The summed E-state index contributed by atoms with van der Waals surface area (Å²) in [6, 6.07) is 7.14. The molecule has 0 aliphatic carbocycles. The summed E-state index contributed by atoms with van der Waals surface area (Å²) in [5.74, 6) is 0. The molecule has 0 spiro atoms. The van der Waals surface area contributed by atoms with Crippen LogP contribution in [0, 0.1) is 0 Å². The van der Waals surface area contributed by atoms with Crippen LogP contribution < -0.4 is 10.2 Å². The Bertz CT molecular complexity index is 423. The fraction of sp³-hybridized carbons (Fsp3) is 0.600. The number of anilines is 1. The zero-order valence-electron chi connectivity index (χ0n) is 11.9. The molecule has 0 bridgehead atoms. The van der Waals surface area contributed by atoms with Gasteiger partial charge in [0.2, 0.25) is 0 Å². The Morgan fingerprint density at radius 2 is 2.26 bits per heavy atom. The van der Waals surface area contributed by atoms with Crippen LogP contribution in [0.4, 0.5) is 5.69 Å². The number of nitrogens with one attached hydrogen (secondary N) is 1. The number of nitrogens with zero attached hydrogens (tertiary/aromatic N) is 1. The van der Waals surface area contributed by atoms with Crippen molar-refractivity contribution in [2.24, 2.45) is 0 Å². The van der Waals surface area contributed by atoms with Crippen molar-refractivity contribution < 1.29 is 4.74 Å². The molecule has 106 valence electrons. The van der Waals surface area contributed by atoms with E-state index < -0.39 is 0 Å². The highest BCUT2D eigenvalue weighted by Crippen LogP contribution is 2.27. The second kappa shape index (κ2) is 6.73. The molecule has 1 fully saturated rings. The summed E-state index contributed by atoms with van der Waals surface area (Å²) in [7, 11) is 1.80. The first kappa shape index (κ1) is 14.8. The lowest BCUT2D eigenvalue weighted by molar-refractivity contribution is 0.121. The van der Waals surface area contributed by atoms with E-state index in [1.807, 2.05) is 0 Å². The third kappa shape index (κ3) is 3.94. The third-order valence-corrected chi connectivity index (χ3v) is 4.32. The van der Waals surface area contributed by atoms with Crippen molar-refractivity contribution in [3.8, 4) is 0 Å². The minimum atomic E-state index is 0.376. The van der Waals surface area contributed by atoms with Gasteiger partial charge < -0.3 is 15.0 Å². The van der Waals surface area contributed by atoms with Crippen LogP contribution in [0.2, 0.25) is 0 Å². The van der Waals surface area contributed by atoms with Gasteiger partial charge in [-0.15, -0.1) is 0 Å². The summed E-state index contributed by atoms with van der Waals surface area (Å²) in [6.45, 7) is 7.30. The average molecular weight is 327 g/mol. The molecule has 19 heavy (non-hydrogen) atoms. The highest BCUT2D eigenvalue weighted by atomic mass is 79.9. The van der Waals surface area contributed by atoms with Crippen molar-refractivity contribution in [2.75, 3.05) is 25.1 Å². The molecular weight excluding hydrogens is 304 g/mol. The van der Waals surface area contributed by atoms with Crippen LogP contribution in [-0.2, 0) is 11.3 Å². The van der Waals surface area contributed by atoms with Gasteiger partial charge in [0.25, 0.3) is 0 Å². The van der Waals surface area contributed by atoms with Crippen LogP contribution in [0.3, 0.4) is 0 Å². The van der Waals surface area contributed by atoms with E-state index in [1.54, 1.807) is 7.11 Å². The number of halogens is 1. The van der Waals surface area contributed by atoms with Gasteiger partial charge >= 0.3 is 0 Å². The molecule has 1 unspecified atom stereocenters. The highest BCUT2D eigenvalue weighted by Gasteiger charge is 2.22. The van der Waals surface area contributed by atoms with Gasteiger partial charge in [-0.05, 0) is 24.1 Å². The van der Waals surface area contributed by atoms with Gasteiger partial charge in [-0.3, -0.25) is 0 Å². The van der Waals surface area contributed by atoms with Crippen LogP contribution in [-0.4, -0.2) is 32.3 Å². The molecule has 4 heteroatoms. The molecule has 0 radical (unpaired) electrons. The van der Waals surface area contributed by atoms with E-state index in [9.17, 15) is 0 Å². The van der Waals surface area contributed by atoms with E-state index in [0.29, 0.717) is 12.1 Å². The number of benzene rings is 1. The zero-order chi connectivity index (χ0) is 13.8. The summed E-state index contributed by atoms with van der Waals surface area (Å²) in [4.78, 5) is 2.39. The van der Waals surface area contributed by atoms with Crippen molar-refractivity contribution in [1.82, 2.24) is 5.32 Å². The zero-order valence-corrected chi connectivity index (χ0v) is 13.5. The van der Waals surface area contributed by atoms with Crippen molar-refractivity contribution in [2.45, 2.75) is 39.0 Å². The molecule has 1 N–H and O–H groups in total. The van der Waals surface area contributed by atoms with Crippen LogP contribution in [0.1, 0.15) is 25.8 Å². The molecule has 1 atom stereocenters. The van der Waals surface area contributed by atoms with E-state index in [2.05, 4.69) is 58.2 Å². The summed E-state index contributed by atoms with van der Waals surface area (Å²) < 4.78 is 6.60. The molecule has 1 aliphatic rings. The first-order valence-corrected chi connectivity index (χ1v) is 7.69. The Balaban J connectivity index is 2.02. The monoisotopic (exact) mass is 326 g/mol. The van der Waals surface area contributed by atoms with Crippen LogP contribution >= 0.6 is 15.9 Å². The van der Waals surface area contributed by atoms with Gasteiger partial charge in [-0.2, -0.15) is 0 Å². The Morgan fingerprint density at radius 3 is 2.84 bits per heavy atom. The van der Waals surface area contributed by atoms with E-state index >= 15 is 0 Å². The van der Waals surface area contributed by atoms with Crippen molar-refractivity contribution in [3.63, 3.8) is 0 Å². The molecule has 0 saturated carbocycles. The van der Waals surface area contributed by atoms with E-state index in [-0.39, 0.29) is 0 Å². The van der Waals surface area contributed by atoms with Crippen molar-refractivity contribution in [3.05, 3.63) is 28.2 Å². The predicted octanol–water partition coefficient (Wildman–Crippen LogP) is 3.17. The Kier molecular flexibility index (Phi) is 5.25. The highest BCUT2D eigenvalue weighted by molar-refractivity contribution is 9.10. The van der Waals surface area contributed by atoms with Gasteiger partial charge in [-0.1, -0.05) is 35.8 Å². The number of hydrogen-bond donors (Lipinski definition) is 1. The molecule has 2 rings (SSSR count). The van der Waals surface area contributed by atoms with E-state index in [1.165, 1.54) is 15.7 Å². The standard InChI is InChI=1S/C15H23BrN2O/c1-11(2)17-9-12-4-5-13(8-15(12)16)18-7-6-14(10-18)19-3/h4-5,8,11,14,17H,6-7,9-10H2,1-3H3. The molecular formula is C15H23BrN2O. The second-order valence-corrected chi connectivity index (χ2v) is 6.26. The summed E-state index contributed by atoms with van der Waals surface area (Å²) >= 11 is 3.68. The van der Waals surface area contributed by atoms with Gasteiger partial charge in [0.1, 0.15) is 0 Å². The Hall–Kier alpha value is -0.580. The van der Waals surface area contributed by atoms with Crippen LogP contribution in [0.5, 0.6) is 0 Å². The Labute approximate surface area is 124 Å². The van der Waals surface area contributed by atoms with Crippen LogP contribution in [0.15, 0.2) is 22.7 Å².